The molecule has 2 N–H and O–H groups in total. The molecule has 0 saturated heterocycles. The number of nitrogens with one attached hydrogen (secondary N) is 1. The van der Waals surface area contributed by atoms with Crippen molar-refractivity contribution in [1.29, 1.82) is 0 Å². The molecule has 1 rings (SSSR count). The fraction of sp³-hybridized carbons (Fsp3) is 0.933. The summed E-state index contributed by atoms with van der Waals surface area (Å²) in [7, 11) is 0. The van der Waals surface area contributed by atoms with Gasteiger partial charge in [-0.25, -0.2) is 0 Å². The van der Waals surface area contributed by atoms with Crippen LogP contribution in [0.25, 0.3) is 0 Å². The Balaban J connectivity index is 2.58. The molecule has 0 aromatic carbocycles. The Labute approximate surface area is 111 Å². The molecule has 0 bridgehead atoms. The minimum atomic E-state index is -0.632. The van der Waals surface area contributed by atoms with Crippen molar-refractivity contribution < 1.29 is 9.90 Å². The molecule has 0 spiro atoms. The van der Waals surface area contributed by atoms with Gasteiger partial charge in [0.05, 0.1) is 5.92 Å². The maximum Gasteiger partial charge on any atom is 0.307 e. The van der Waals surface area contributed by atoms with E-state index in [-0.39, 0.29) is 11.3 Å². The smallest absolute Gasteiger partial charge is 0.307 e. The molecule has 0 heterocycles. The SMILES string of the molecule is CC(C)CCNC1CCC(C(=O)O)C(C)(C)C1C. The molecular formula is C15H29NO2. The predicted molar refractivity (Wildman–Crippen MR) is 74.6 cm³/mol. The zero-order chi connectivity index (χ0) is 13.9. The third-order valence-corrected chi connectivity index (χ3v) is 4.87. The predicted octanol–water partition coefficient (Wildman–Crippen LogP) is 3.15. The van der Waals surface area contributed by atoms with Crippen LogP contribution in [0.5, 0.6) is 0 Å². The van der Waals surface area contributed by atoms with Crippen molar-refractivity contribution in [3.8, 4) is 0 Å². The summed E-state index contributed by atoms with van der Waals surface area (Å²) >= 11 is 0. The Hall–Kier alpha value is -0.570. The molecule has 3 atom stereocenters. The Bertz CT molecular complexity index is 286. The first-order valence-corrected chi connectivity index (χ1v) is 7.23. The van der Waals surface area contributed by atoms with Gasteiger partial charge in [0, 0.05) is 6.04 Å². The average molecular weight is 255 g/mol. The Kier molecular flexibility index (Phi) is 5.20. The van der Waals surface area contributed by atoms with Crippen LogP contribution in [0.3, 0.4) is 0 Å². The van der Waals surface area contributed by atoms with Gasteiger partial charge in [0.25, 0.3) is 0 Å². The van der Waals surface area contributed by atoms with E-state index < -0.39 is 5.97 Å². The number of carboxylic acids is 1. The first-order valence-electron chi connectivity index (χ1n) is 7.23. The second-order valence-corrected chi connectivity index (χ2v) is 6.82. The fourth-order valence-electron chi connectivity index (χ4n) is 3.08. The third kappa shape index (κ3) is 3.47. The monoisotopic (exact) mass is 255 g/mol. The van der Waals surface area contributed by atoms with E-state index in [4.69, 9.17) is 0 Å². The summed E-state index contributed by atoms with van der Waals surface area (Å²) in [6.45, 7) is 11.9. The van der Waals surface area contributed by atoms with Crippen molar-refractivity contribution in [2.75, 3.05) is 6.54 Å². The van der Waals surface area contributed by atoms with Gasteiger partial charge in [-0.05, 0) is 43.1 Å². The topological polar surface area (TPSA) is 49.3 Å². The second-order valence-electron chi connectivity index (χ2n) is 6.82. The largest absolute Gasteiger partial charge is 0.481 e. The van der Waals surface area contributed by atoms with E-state index in [0.29, 0.717) is 12.0 Å². The molecule has 0 aliphatic heterocycles. The van der Waals surface area contributed by atoms with Gasteiger partial charge in [-0.15, -0.1) is 0 Å². The first kappa shape index (κ1) is 15.5. The normalized spacial score (nSPS) is 31.6. The average Bonchev–Trinajstić information content (AvgIpc) is 2.23. The number of carboxylic acid groups (broad SMARTS) is 1. The number of hydrogen-bond donors (Lipinski definition) is 2. The lowest BCUT2D eigenvalue weighted by molar-refractivity contribution is -0.150. The van der Waals surface area contributed by atoms with E-state index in [9.17, 15) is 9.90 Å². The molecule has 0 aromatic heterocycles. The van der Waals surface area contributed by atoms with E-state index >= 15 is 0 Å². The van der Waals surface area contributed by atoms with Crippen LogP contribution >= 0.6 is 0 Å². The van der Waals surface area contributed by atoms with Gasteiger partial charge in [0.2, 0.25) is 0 Å². The number of aliphatic carboxylic acids is 1. The molecule has 0 aromatic rings. The summed E-state index contributed by atoms with van der Waals surface area (Å²) in [5.41, 5.74) is -0.125. The third-order valence-electron chi connectivity index (χ3n) is 4.87. The van der Waals surface area contributed by atoms with Crippen molar-refractivity contribution in [2.45, 2.75) is 59.9 Å². The molecule has 1 fully saturated rings. The standard InChI is InChI=1S/C15H29NO2/c1-10(2)8-9-16-13-7-6-12(14(17)18)15(4,5)11(13)3/h10-13,16H,6-9H2,1-5H3,(H,17,18). The molecule has 106 valence electrons. The van der Waals surface area contributed by atoms with Gasteiger partial charge < -0.3 is 10.4 Å². The second kappa shape index (κ2) is 6.05. The highest BCUT2D eigenvalue weighted by Crippen LogP contribution is 2.45. The van der Waals surface area contributed by atoms with E-state index in [1.807, 2.05) is 0 Å². The molecule has 0 radical (unpaired) electrons. The number of carbonyl (C=O) groups is 1. The molecule has 3 heteroatoms. The van der Waals surface area contributed by atoms with Crippen molar-refractivity contribution in [1.82, 2.24) is 5.32 Å². The highest BCUT2D eigenvalue weighted by Gasteiger charge is 2.45. The molecule has 18 heavy (non-hydrogen) atoms. The minimum absolute atomic E-state index is 0.125. The van der Waals surface area contributed by atoms with Gasteiger partial charge in [-0.1, -0.05) is 34.6 Å². The maximum atomic E-state index is 11.3. The molecule has 3 unspecified atom stereocenters. The van der Waals surface area contributed by atoms with E-state index in [0.717, 1.165) is 25.3 Å². The maximum absolute atomic E-state index is 11.3. The summed E-state index contributed by atoms with van der Waals surface area (Å²) in [4.78, 5) is 11.3. The van der Waals surface area contributed by atoms with Gasteiger partial charge in [0.1, 0.15) is 0 Å². The summed E-state index contributed by atoms with van der Waals surface area (Å²) in [6, 6.07) is 0.467. The van der Waals surface area contributed by atoms with Crippen molar-refractivity contribution in [2.24, 2.45) is 23.2 Å². The van der Waals surface area contributed by atoms with E-state index in [1.54, 1.807) is 0 Å². The Morgan fingerprint density at radius 1 is 1.39 bits per heavy atom. The van der Waals surface area contributed by atoms with Crippen LogP contribution < -0.4 is 5.32 Å². The van der Waals surface area contributed by atoms with Crippen molar-refractivity contribution in [3.63, 3.8) is 0 Å². The molecule has 1 aliphatic rings. The summed E-state index contributed by atoms with van der Waals surface area (Å²) < 4.78 is 0. The quantitative estimate of drug-likeness (QED) is 0.793. The van der Waals surface area contributed by atoms with E-state index in [2.05, 4.69) is 39.9 Å². The fourth-order valence-corrected chi connectivity index (χ4v) is 3.08. The van der Waals surface area contributed by atoms with Gasteiger partial charge in [-0.2, -0.15) is 0 Å². The van der Waals surface area contributed by atoms with Crippen LogP contribution in [0.4, 0.5) is 0 Å². The van der Waals surface area contributed by atoms with Gasteiger partial charge in [-0.3, -0.25) is 4.79 Å². The lowest BCUT2D eigenvalue weighted by atomic mass is 9.61. The van der Waals surface area contributed by atoms with Crippen molar-refractivity contribution in [3.05, 3.63) is 0 Å². The van der Waals surface area contributed by atoms with Crippen molar-refractivity contribution >= 4 is 5.97 Å². The Morgan fingerprint density at radius 2 is 2.00 bits per heavy atom. The van der Waals surface area contributed by atoms with Crippen LogP contribution in [0.15, 0.2) is 0 Å². The lowest BCUT2D eigenvalue weighted by Gasteiger charge is -2.46. The summed E-state index contributed by atoms with van der Waals surface area (Å²) in [6.07, 6.45) is 2.97. The van der Waals surface area contributed by atoms with Crippen LogP contribution in [-0.2, 0) is 4.79 Å². The molecule has 0 amide bonds. The zero-order valence-corrected chi connectivity index (χ0v) is 12.5. The summed E-state index contributed by atoms with van der Waals surface area (Å²) in [5.74, 6) is 0.291. The van der Waals surface area contributed by atoms with Gasteiger partial charge in [0.15, 0.2) is 0 Å². The summed E-state index contributed by atoms with van der Waals surface area (Å²) in [5, 5.41) is 12.9. The minimum Gasteiger partial charge on any atom is -0.481 e. The number of rotatable bonds is 5. The molecular weight excluding hydrogens is 226 g/mol. The highest BCUT2D eigenvalue weighted by molar-refractivity contribution is 5.71. The van der Waals surface area contributed by atoms with E-state index in [1.165, 1.54) is 6.42 Å². The zero-order valence-electron chi connectivity index (χ0n) is 12.5. The number of hydrogen-bond acceptors (Lipinski definition) is 2. The van der Waals surface area contributed by atoms with Crippen LogP contribution in [0, 0.1) is 23.2 Å². The molecule has 1 saturated carbocycles. The Morgan fingerprint density at radius 3 is 2.50 bits per heavy atom. The van der Waals surface area contributed by atoms with Crippen LogP contribution in [0.2, 0.25) is 0 Å². The molecule has 1 aliphatic carbocycles. The van der Waals surface area contributed by atoms with Gasteiger partial charge >= 0.3 is 5.97 Å². The van der Waals surface area contributed by atoms with Crippen LogP contribution in [-0.4, -0.2) is 23.7 Å². The van der Waals surface area contributed by atoms with Crippen LogP contribution in [0.1, 0.15) is 53.9 Å². The highest BCUT2D eigenvalue weighted by atomic mass is 16.4. The first-order chi connectivity index (χ1) is 8.26. The lowest BCUT2D eigenvalue weighted by Crippen LogP contribution is -2.51. The molecule has 3 nitrogen and oxygen atoms in total.